The predicted molar refractivity (Wildman–Crippen MR) is 201 cm³/mol. The van der Waals surface area contributed by atoms with E-state index in [2.05, 4.69) is 172 Å². The fraction of sp³-hybridized carbons (Fsp3) is 0.143. The topological polar surface area (TPSA) is 34.8 Å². The standard InChI is InChI=1S/C42H36BNO3Si/c1-41(2)42(3,4)47-43(46-41)29-23-25-37-33(27-29)34-28-30(24-26-38(34)45-37)44-35-19-11-13-21-39(35)48(31-15-7-5-8-16-31,32-17-9-6-10-18-32)40-22-14-12-20-36(40)44/h5-28H,1-4H3. The summed E-state index contributed by atoms with van der Waals surface area (Å²) >= 11 is 0. The minimum absolute atomic E-state index is 0.411. The summed E-state index contributed by atoms with van der Waals surface area (Å²) in [5.74, 6) is 0. The molecule has 2 aliphatic rings. The van der Waals surface area contributed by atoms with Gasteiger partial charge < -0.3 is 18.6 Å². The highest BCUT2D eigenvalue weighted by Crippen LogP contribution is 2.41. The van der Waals surface area contributed by atoms with Crippen LogP contribution in [0.25, 0.3) is 21.9 Å². The zero-order chi connectivity index (χ0) is 32.7. The second-order valence-corrected chi connectivity index (χ2v) is 17.7. The lowest BCUT2D eigenvalue weighted by Crippen LogP contribution is -2.77. The first-order valence-corrected chi connectivity index (χ1v) is 18.7. The second kappa shape index (κ2) is 10.6. The molecule has 4 nitrogen and oxygen atoms in total. The van der Waals surface area contributed by atoms with Crippen LogP contribution in [0.15, 0.2) is 150 Å². The van der Waals surface area contributed by atoms with Crippen LogP contribution < -0.4 is 31.1 Å². The van der Waals surface area contributed by atoms with Crippen LogP contribution in [0.4, 0.5) is 17.1 Å². The van der Waals surface area contributed by atoms with Gasteiger partial charge in [0.2, 0.25) is 0 Å². The average molecular weight is 642 g/mol. The molecule has 7 aromatic rings. The smallest absolute Gasteiger partial charge is 0.456 e. The van der Waals surface area contributed by atoms with Crippen LogP contribution in [0, 0.1) is 0 Å². The fourth-order valence-corrected chi connectivity index (χ4v) is 12.8. The molecule has 0 atom stereocenters. The summed E-state index contributed by atoms with van der Waals surface area (Å²) in [4.78, 5) is 2.44. The summed E-state index contributed by atoms with van der Waals surface area (Å²) in [5, 5.41) is 7.62. The number of hydrogen-bond acceptors (Lipinski definition) is 4. The zero-order valence-corrected chi connectivity index (χ0v) is 28.6. The van der Waals surface area contributed by atoms with E-state index < -0.39 is 26.4 Å². The molecule has 0 aliphatic carbocycles. The molecule has 0 spiro atoms. The first-order valence-electron chi connectivity index (χ1n) is 16.7. The van der Waals surface area contributed by atoms with E-state index in [1.165, 1.54) is 32.1 Å². The summed E-state index contributed by atoms with van der Waals surface area (Å²) in [6.07, 6.45) is 0. The molecule has 0 unspecified atom stereocenters. The Bertz CT molecular complexity index is 2230. The molecule has 1 fully saturated rings. The first-order chi connectivity index (χ1) is 23.3. The molecule has 6 heteroatoms. The van der Waals surface area contributed by atoms with Gasteiger partial charge in [-0.2, -0.15) is 0 Å². The highest BCUT2D eigenvalue weighted by atomic mass is 28.3. The number of nitrogens with zero attached hydrogens (tertiary/aromatic N) is 1. The Balaban J connectivity index is 1.25. The van der Waals surface area contributed by atoms with Crippen LogP contribution in [0.2, 0.25) is 0 Å². The van der Waals surface area contributed by atoms with Gasteiger partial charge in [-0.25, -0.2) is 0 Å². The van der Waals surface area contributed by atoms with E-state index in [1.54, 1.807) is 0 Å². The highest BCUT2D eigenvalue weighted by molar-refractivity contribution is 7.21. The molecule has 234 valence electrons. The van der Waals surface area contributed by atoms with Gasteiger partial charge in [-0.15, -0.1) is 0 Å². The normalized spacial score (nSPS) is 17.4. The summed E-state index contributed by atoms with van der Waals surface area (Å²) in [6.45, 7) is 8.36. The summed E-state index contributed by atoms with van der Waals surface area (Å²) in [7, 11) is -3.11. The third-order valence-corrected chi connectivity index (χ3v) is 15.6. The number of furan rings is 1. The molecule has 9 rings (SSSR count). The van der Waals surface area contributed by atoms with Crippen molar-refractivity contribution in [2.45, 2.75) is 38.9 Å². The second-order valence-electron chi connectivity index (χ2n) is 14.0. The van der Waals surface area contributed by atoms with Gasteiger partial charge in [0.05, 0.1) is 11.2 Å². The third-order valence-electron chi connectivity index (χ3n) is 10.8. The maximum atomic E-state index is 6.42. The lowest BCUT2D eigenvalue weighted by atomic mass is 9.78. The van der Waals surface area contributed by atoms with Gasteiger partial charge in [-0.05, 0) is 90.3 Å². The molecule has 1 saturated heterocycles. The highest BCUT2D eigenvalue weighted by Gasteiger charge is 2.52. The minimum atomic E-state index is -2.67. The third kappa shape index (κ3) is 4.16. The number of benzene rings is 6. The Morgan fingerprint density at radius 3 is 1.56 bits per heavy atom. The van der Waals surface area contributed by atoms with E-state index >= 15 is 0 Å². The van der Waals surface area contributed by atoms with Gasteiger partial charge in [0.1, 0.15) is 11.2 Å². The van der Waals surface area contributed by atoms with Gasteiger partial charge in [0.25, 0.3) is 0 Å². The summed E-state index contributed by atoms with van der Waals surface area (Å²) < 4.78 is 19.2. The van der Waals surface area contributed by atoms with Crippen LogP contribution in [0.1, 0.15) is 27.7 Å². The summed E-state index contributed by atoms with van der Waals surface area (Å²) in [6, 6.07) is 53.1. The Morgan fingerprint density at radius 1 is 0.521 bits per heavy atom. The molecule has 1 aromatic heterocycles. The Labute approximate surface area is 282 Å². The van der Waals surface area contributed by atoms with Crippen LogP contribution in [0.3, 0.4) is 0 Å². The SMILES string of the molecule is CC1(C)OB(c2ccc3oc4ccc(N5c6ccccc6[Si](c6ccccc6)(c6ccccc6)c6ccccc65)cc4c3c2)OC1(C)C. The Kier molecular flexibility index (Phi) is 6.44. The lowest BCUT2D eigenvalue weighted by Gasteiger charge is -2.45. The predicted octanol–water partition coefficient (Wildman–Crippen LogP) is 7.05. The van der Waals surface area contributed by atoms with Crippen molar-refractivity contribution >= 4 is 80.4 Å². The van der Waals surface area contributed by atoms with E-state index in [0.29, 0.717) is 0 Å². The van der Waals surface area contributed by atoms with Crippen LogP contribution in [-0.2, 0) is 9.31 Å². The Morgan fingerprint density at radius 2 is 1.00 bits per heavy atom. The van der Waals surface area contributed by atoms with Crippen molar-refractivity contribution in [2.75, 3.05) is 4.90 Å². The minimum Gasteiger partial charge on any atom is -0.456 e. The molecule has 2 aliphatic heterocycles. The maximum Gasteiger partial charge on any atom is 0.494 e. The number of anilines is 3. The van der Waals surface area contributed by atoms with Gasteiger partial charge in [0, 0.05) is 27.8 Å². The number of rotatable bonds is 4. The van der Waals surface area contributed by atoms with E-state index in [-0.39, 0.29) is 0 Å². The molecule has 0 amide bonds. The number of fused-ring (bicyclic) bond motifs is 5. The van der Waals surface area contributed by atoms with Crippen LogP contribution in [0.5, 0.6) is 0 Å². The van der Waals surface area contributed by atoms with Crippen molar-refractivity contribution in [1.29, 1.82) is 0 Å². The Hall–Kier alpha value is -4.88. The molecular weight excluding hydrogens is 605 g/mol. The van der Waals surface area contributed by atoms with E-state index in [4.69, 9.17) is 13.7 Å². The fourth-order valence-electron chi connectivity index (χ4n) is 7.74. The van der Waals surface area contributed by atoms with Crippen molar-refractivity contribution in [3.05, 3.63) is 146 Å². The molecule has 0 radical (unpaired) electrons. The van der Waals surface area contributed by atoms with Crippen LogP contribution >= 0.6 is 0 Å². The van der Waals surface area contributed by atoms with Gasteiger partial charge in [-0.1, -0.05) is 109 Å². The monoisotopic (exact) mass is 641 g/mol. The first kappa shape index (κ1) is 29.3. The largest absolute Gasteiger partial charge is 0.494 e. The van der Waals surface area contributed by atoms with Crippen LogP contribution in [-0.4, -0.2) is 26.4 Å². The zero-order valence-electron chi connectivity index (χ0n) is 27.6. The maximum absolute atomic E-state index is 6.42. The average Bonchev–Trinajstić information content (AvgIpc) is 3.58. The van der Waals surface area contributed by atoms with Gasteiger partial charge in [0.15, 0.2) is 8.07 Å². The van der Waals surface area contributed by atoms with Crippen molar-refractivity contribution in [3.63, 3.8) is 0 Å². The van der Waals surface area contributed by atoms with E-state index in [1.807, 2.05) is 6.07 Å². The van der Waals surface area contributed by atoms with Crippen molar-refractivity contribution < 1.29 is 13.7 Å². The molecular formula is C42H36BNO3Si. The lowest BCUT2D eigenvalue weighted by molar-refractivity contribution is 0.00578. The molecule has 3 heterocycles. The van der Waals surface area contributed by atoms with E-state index in [9.17, 15) is 0 Å². The molecule has 48 heavy (non-hydrogen) atoms. The molecule has 0 N–H and O–H groups in total. The van der Waals surface area contributed by atoms with Crippen molar-refractivity contribution in [1.82, 2.24) is 0 Å². The molecule has 0 bridgehead atoms. The quantitative estimate of drug-likeness (QED) is 0.193. The van der Waals surface area contributed by atoms with Crippen molar-refractivity contribution in [2.24, 2.45) is 0 Å². The van der Waals surface area contributed by atoms with E-state index in [0.717, 1.165) is 33.1 Å². The molecule has 6 aromatic carbocycles. The van der Waals surface area contributed by atoms with Crippen molar-refractivity contribution in [3.8, 4) is 0 Å². The molecule has 0 saturated carbocycles. The number of para-hydroxylation sites is 2. The number of hydrogen-bond donors (Lipinski definition) is 0. The van der Waals surface area contributed by atoms with Gasteiger partial charge >= 0.3 is 7.12 Å². The van der Waals surface area contributed by atoms with Gasteiger partial charge in [-0.3, -0.25) is 0 Å². The summed E-state index contributed by atoms with van der Waals surface area (Å²) in [5.41, 5.74) is 5.38.